The van der Waals surface area contributed by atoms with Gasteiger partial charge in [-0.15, -0.1) is 13.2 Å². The van der Waals surface area contributed by atoms with Crippen LogP contribution in [0, 0.1) is 0 Å². The van der Waals surface area contributed by atoms with Crippen molar-refractivity contribution in [2.24, 2.45) is 0 Å². The number of halogens is 7. The molecule has 0 aliphatic carbocycles. The molecule has 11 heteroatoms. The summed E-state index contributed by atoms with van der Waals surface area (Å²) in [4.78, 5) is 0. The van der Waals surface area contributed by atoms with Gasteiger partial charge < -0.3 is 9.47 Å². The smallest absolute Gasteiger partial charge is 0.375 e. The zero-order chi connectivity index (χ0) is 13.2. The summed E-state index contributed by atoms with van der Waals surface area (Å²) in [5.41, 5.74) is 0. The van der Waals surface area contributed by atoms with Gasteiger partial charge in [-0.1, -0.05) is 29.7 Å². The molecule has 0 amide bonds. The van der Waals surface area contributed by atoms with Crippen LogP contribution in [0.5, 0.6) is 0 Å². The van der Waals surface area contributed by atoms with Crippen LogP contribution in [-0.2, 0) is 32.8 Å². The maximum atomic E-state index is 11.0. The first-order valence-electron chi connectivity index (χ1n) is 3.52. The number of methoxy groups -OCH3 is 1. The van der Waals surface area contributed by atoms with Crippen LogP contribution in [0.15, 0.2) is 0 Å². The molecular weight excluding hydrogens is 352 g/mol. The Kier molecular flexibility index (Phi) is 45.4. The minimum atomic E-state index is -4.74. The molecule has 0 saturated carbocycles. The molecular formula is C10H25F7O3V. The summed E-state index contributed by atoms with van der Waals surface area (Å²) in [5.74, 6) is 0. The largest absolute Gasteiger partial charge is 0.524 e. The van der Waals surface area contributed by atoms with Gasteiger partial charge in [0.2, 0.25) is 0 Å². The van der Waals surface area contributed by atoms with Crippen molar-refractivity contribution in [3.05, 3.63) is 0 Å². The summed E-state index contributed by atoms with van der Waals surface area (Å²) in [6.07, 6.45) is -8.91. The third-order valence-electron chi connectivity index (χ3n) is 0.691. The number of hydrogen-bond acceptors (Lipinski definition) is 3. The molecule has 0 atom stereocenters. The van der Waals surface area contributed by atoms with Crippen molar-refractivity contribution >= 4 is 0 Å². The second kappa shape index (κ2) is 22.3. The topological polar surface area (TPSA) is 27.7 Å². The van der Waals surface area contributed by atoms with Gasteiger partial charge in [-0.25, -0.2) is 4.39 Å². The first-order valence-corrected chi connectivity index (χ1v) is 3.52. The zero-order valence-electron chi connectivity index (χ0n) is 8.44. The van der Waals surface area contributed by atoms with E-state index in [2.05, 4.69) is 14.2 Å². The van der Waals surface area contributed by atoms with Crippen molar-refractivity contribution < 1.29 is 63.5 Å². The number of hydrogen-bond donors (Lipinski definition) is 0. The molecule has 0 bridgehead atoms. The Morgan fingerprint density at radius 3 is 1.38 bits per heavy atom. The minimum Gasteiger partial charge on any atom is -0.375 e. The van der Waals surface area contributed by atoms with Crippen molar-refractivity contribution in [1.29, 1.82) is 0 Å². The summed E-state index contributed by atoms with van der Waals surface area (Å²) in [7, 11) is 1.01. The predicted molar refractivity (Wildman–Crippen MR) is 63.9 cm³/mol. The van der Waals surface area contributed by atoms with Crippen LogP contribution in [0.1, 0.15) is 29.7 Å². The van der Waals surface area contributed by atoms with Crippen LogP contribution >= 0.6 is 0 Å². The zero-order valence-corrected chi connectivity index (χ0v) is 9.84. The van der Waals surface area contributed by atoms with Crippen LogP contribution in [0.2, 0.25) is 0 Å². The Labute approximate surface area is 134 Å². The normalized spacial score (nSPS) is 9.14. The molecule has 1 radical (unpaired) electrons. The SMILES string of the molecule is C.C.C.C.COCC(F)(F)F.FCOCOC(F)(F)F.[V]. The molecule has 0 heterocycles. The van der Waals surface area contributed by atoms with Gasteiger partial charge in [0, 0.05) is 25.7 Å². The summed E-state index contributed by atoms with van der Waals surface area (Å²) < 4.78 is 86.9. The van der Waals surface area contributed by atoms with E-state index in [-0.39, 0.29) is 48.3 Å². The molecule has 0 aliphatic rings. The summed E-state index contributed by atoms with van der Waals surface area (Å²) >= 11 is 0. The molecule has 0 unspecified atom stereocenters. The third kappa shape index (κ3) is 64.9. The molecule has 0 aliphatic heterocycles. The van der Waals surface area contributed by atoms with Crippen molar-refractivity contribution in [2.75, 3.05) is 27.4 Å². The number of alkyl halides is 7. The first-order chi connectivity index (χ1) is 7.12. The van der Waals surface area contributed by atoms with E-state index in [0.717, 1.165) is 7.11 Å². The van der Waals surface area contributed by atoms with Crippen LogP contribution in [0.4, 0.5) is 30.7 Å². The van der Waals surface area contributed by atoms with Crippen molar-refractivity contribution in [3.63, 3.8) is 0 Å². The van der Waals surface area contributed by atoms with Crippen LogP contribution in [0.3, 0.4) is 0 Å². The fourth-order valence-electron chi connectivity index (χ4n) is 0.304. The van der Waals surface area contributed by atoms with Gasteiger partial charge >= 0.3 is 12.5 Å². The monoisotopic (exact) mass is 377 g/mol. The van der Waals surface area contributed by atoms with E-state index >= 15 is 0 Å². The van der Waals surface area contributed by atoms with E-state index in [1.165, 1.54) is 0 Å². The predicted octanol–water partition coefficient (Wildman–Crippen LogP) is 5.16. The van der Waals surface area contributed by atoms with Gasteiger partial charge in [-0.2, -0.15) is 13.2 Å². The molecule has 0 aromatic rings. The molecule has 0 rings (SSSR count). The van der Waals surface area contributed by atoms with Gasteiger partial charge in [0.1, 0.15) is 6.61 Å². The Hall–Kier alpha value is -0.0256. The van der Waals surface area contributed by atoms with Gasteiger partial charge in [-0.05, 0) is 0 Å². The minimum absolute atomic E-state index is 0. The van der Waals surface area contributed by atoms with E-state index in [1.807, 2.05) is 0 Å². The Morgan fingerprint density at radius 2 is 1.24 bits per heavy atom. The molecule has 0 fully saturated rings. The number of rotatable bonds is 4. The van der Waals surface area contributed by atoms with Crippen LogP contribution in [-0.4, -0.2) is 39.9 Å². The molecule has 137 valence electrons. The fourth-order valence-corrected chi connectivity index (χ4v) is 0.304. The maximum Gasteiger partial charge on any atom is 0.524 e. The van der Waals surface area contributed by atoms with E-state index < -0.39 is 32.8 Å². The van der Waals surface area contributed by atoms with E-state index in [9.17, 15) is 30.7 Å². The van der Waals surface area contributed by atoms with Crippen molar-refractivity contribution in [1.82, 2.24) is 0 Å². The van der Waals surface area contributed by atoms with Crippen molar-refractivity contribution in [3.8, 4) is 0 Å². The molecule has 0 spiro atoms. The average molecular weight is 377 g/mol. The second-order valence-corrected chi connectivity index (χ2v) is 2.07. The Bertz CT molecular complexity index is 166. The molecule has 21 heavy (non-hydrogen) atoms. The summed E-state index contributed by atoms with van der Waals surface area (Å²) in [6, 6.07) is 0. The Balaban J connectivity index is -0.0000000307. The Morgan fingerprint density at radius 1 is 0.857 bits per heavy atom. The fraction of sp³-hybridized carbons (Fsp3) is 1.00. The number of ether oxygens (including phenoxy) is 3. The quantitative estimate of drug-likeness (QED) is 0.385. The van der Waals surface area contributed by atoms with Crippen LogP contribution in [0.25, 0.3) is 0 Å². The van der Waals surface area contributed by atoms with E-state index in [1.54, 1.807) is 0 Å². The van der Waals surface area contributed by atoms with Gasteiger partial charge in [-0.3, -0.25) is 4.74 Å². The van der Waals surface area contributed by atoms with Crippen molar-refractivity contribution in [2.45, 2.75) is 42.2 Å². The molecule has 3 nitrogen and oxygen atoms in total. The standard InChI is InChI=1S/C3H4F4O2.C3H5F3O.4CH4.V/c4-1-8-2-9-3(5,6)7;1-7-2-3(4,5)6;;;;;/h1-2H2;2H2,1H3;4*1H4;. The van der Waals surface area contributed by atoms with Crippen LogP contribution < -0.4 is 0 Å². The first kappa shape index (κ1) is 42.9. The van der Waals surface area contributed by atoms with E-state index in [4.69, 9.17) is 0 Å². The van der Waals surface area contributed by atoms with Gasteiger partial charge in [0.25, 0.3) is 0 Å². The third-order valence-corrected chi connectivity index (χ3v) is 0.691. The molecule has 0 saturated heterocycles. The van der Waals surface area contributed by atoms with Gasteiger partial charge in [0.05, 0.1) is 0 Å². The second-order valence-electron chi connectivity index (χ2n) is 2.07. The average Bonchev–Trinajstić information content (AvgIpc) is 2.01. The summed E-state index contributed by atoms with van der Waals surface area (Å²) in [6.45, 7) is -3.54. The maximum absolute atomic E-state index is 11.0. The summed E-state index contributed by atoms with van der Waals surface area (Å²) in [5, 5.41) is 0. The molecule has 0 N–H and O–H groups in total. The molecule has 0 aromatic carbocycles. The molecule has 0 aromatic heterocycles. The van der Waals surface area contributed by atoms with Gasteiger partial charge in [0.15, 0.2) is 13.7 Å². The van der Waals surface area contributed by atoms with E-state index in [0.29, 0.717) is 0 Å².